The molecule has 14 heteroatoms. The van der Waals surface area contributed by atoms with E-state index in [-0.39, 0.29) is 0 Å². The predicted octanol–water partition coefficient (Wildman–Crippen LogP) is -2.77. The van der Waals surface area contributed by atoms with Crippen LogP contribution >= 0.6 is 0 Å². The summed E-state index contributed by atoms with van der Waals surface area (Å²) in [5.41, 5.74) is 5.39. The van der Waals surface area contributed by atoms with E-state index in [0.29, 0.717) is 6.42 Å². The lowest BCUT2D eigenvalue weighted by molar-refractivity contribution is -0.145. The number of nitrogens with one attached hydrogen (secondary N) is 3. The van der Waals surface area contributed by atoms with Crippen LogP contribution in [0.5, 0.6) is 0 Å². The minimum absolute atomic E-state index is 0.409. The van der Waals surface area contributed by atoms with Crippen molar-refractivity contribution in [3.05, 3.63) is 0 Å². The number of aliphatic hydroxyl groups is 1. The molecule has 32 heavy (non-hydrogen) atoms. The lowest BCUT2D eigenvalue weighted by Gasteiger charge is -2.27. The van der Waals surface area contributed by atoms with E-state index < -0.39 is 84.7 Å². The van der Waals surface area contributed by atoms with Gasteiger partial charge in [0.15, 0.2) is 0 Å². The molecule has 0 radical (unpaired) electrons. The van der Waals surface area contributed by atoms with Crippen LogP contribution in [0.2, 0.25) is 0 Å². The Kier molecular flexibility index (Phi) is 11.9. The average Bonchev–Trinajstić information content (AvgIpc) is 2.67. The minimum Gasteiger partial charge on any atom is -0.481 e. The van der Waals surface area contributed by atoms with Crippen molar-refractivity contribution < 1.29 is 49.2 Å². The zero-order valence-electron chi connectivity index (χ0n) is 17.9. The number of carboxylic acids is 3. The third-order valence-electron chi connectivity index (χ3n) is 4.58. The Morgan fingerprint density at radius 3 is 1.69 bits per heavy atom. The molecule has 3 amide bonds. The van der Waals surface area contributed by atoms with Crippen LogP contribution in [0.1, 0.15) is 40.0 Å². The first-order chi connectivity index (χ1) is 14.7. The second-order valence-corrected chi connectivity index (χ2v) is 7.30. The van der Waals surface area contributed by atoms with Gasteiger partial charge in [0.25, 0.3) is 0 Å². The maximum atomic E-state index is 12.5. The highest BCUT2D eigenvalue weighted by atomic mass is 16.4. The van der Waals surface area contributed by atoms with Crippen molar-refractivity contribution in [2.24, 2.45) is 11.7 Å². The van der Waals surface area contributed by atoms with Crippen molar-refractivity contribution in [2.75, 3.05) is 0 Å². The summed E-state index contributed by atoms with van der Waals surface area (Å²) in [5, 5.41) is 43.2. The van der Waals surface area contributed by atoms with Crippen LogP contribution in [0.25, 0.3) is 0 Å². The molecule has 9 N–H and O–H groups in total. The quantitative estimate of drug-likeness (QED) is 0.131. The van der Waals surface area contributed by atoms with E-state index in [9.17, 15) is 39.0 Å². The Balaban J connectivity index is 5.50. The molecule has 0 aliphatic heterocycles. The van der Waals surface area contributed by atoms with Gasteiger partial charge in [-0.3, -0.25) is 24.0 Å². The third kappa shape index (κ3) is 9.70. The molecule has 0 aromatic heterocycles. The second-order valence-electron chi connectivity index (χ2n) is 7.30. The maximum Gasteiger partial charge on any atom is 0.326 e. The van der Waals surface area contributed by atoms with E-state index in [2.05, 4.69) is 10.6 Å². The fraction of sp³-hybridized carbons (Fsp3) is 0.667. The molecule has 0 aliphatic carbocycles. The van der Waals surface area contributed by atoms with E-state index in [4.69, 9.17) is 15.9 Å². The first-order valence-corrected chi connectivity index (χ1v) is 9.72. The van der Waals surface area contributed by atoms with Crippen LogP contribution in [0.4, 0.5) is 0 Å². The van der Waals surface area contributed by atoms with Gasteiger partial charge >= 0.3 is 17.9 Å². The van der Waals surface area contributed by atoms with Crippen LogP contribution in [-0.2, 0) is 28.8 Å². The summed E-state index contributed by atoms with van der Waals surface area (Å²) in [5.74, 6) is -8.04. The molecule has 0 aromatic carbocycles. The molecule has 6 atom stereocenters. The number of carboxylic acid groups (broad SMARTS) is 3. The molecule has 0 saturated carbocycles. The van der Waals surface area contributed by atoms with Gasteiger partial charge in [0.05, 0.1) is 25.0 Å². The first-order valence-electron chi connectivity index (χ1n) is 9.72. The highest BCUT2D eigenvalue weighted by molar-refractivity contribution is 5.96. The van der Waals surface area contributed by atoms with Gasteiger partial charge in [-0.15, -0.1) is 0 Å². The average molecular weight is 462 g/mol. The summed E-state index contributed by atoms with van der Waals surface area (Å²) in [6, 6.07) is -6.30. The molecule has 0 aliphatic rings. The van der Waals surface area contributed by atoms with E-state index >= 15 is 0 Å². The summed E-state index contributed by atoms with van der Waals surface area (Å²) in [6.45, 7) is 4.42. The lowest BCUT2D eigenvalue weighted by atomic mass is 9.98. The standard InChI is InChI=1S/C18H30N4O10/c1-4-7(2)13(18(31)32)21-17(30)14(8(3)23)22-16(29)10(6-12(26)27)20-15(28)9(19)5-11(24)25/h7-10,13-14,23H,4-6,19H2,1-3H3,(H,20,28)(H,21,30)(H,22,29)(H,24,25)(H,26,27)(H,31,32). The number of hydrogen-bond donors (Lipinski definition) is 8. The Morgan fingerprint density at radius 2 is 1.28 bits per heavy atom. The molecular weight excluding hydrogens is 432 g/mol. The number of rotatable bonds is 14. The number of hydrogen-bond acceptors (Lipinski definition) is 8. The summed E-state index contributed by atoms with van der Waals surface area (Å²) < 4.78 is 0. The zero-order chi connectivity index (χ0) is 25.2. The van der Waals surface area contributed by atoms with Crippen molar-refractivity contribution in [1.82, 2.24) is 16.0 Å². The number of carbonyl (C=O) groups excluding carboxylic acids is 3. The van der Waals surface area contributed by atoms with E-state index in [1.807, 2.05) is 5.32 Å². The Morgan fingerprint density at radius 1 is 0.781 bits per heavy atom. The Bertz CT molecular complexity index is 727. The molecular formula is C18H30N4O10. The SMILES string of the molecule is CCC(C)C(NC(=O)C(NC(=O)C(CC(=O)O)NC(=O)C(N)CC(=O)O)C(C)O)C(=O)O. The summed E-state index contributed by atoms with van der Waals surface area (Å²) in [6.07, 6.45) is -2.82. The maximum absolute atomic E-state index is 12.5. The van der Waals surface area contributed by atoms with Gasteiger partial charge in [-0.25, -0.2) is 4.79 Å². The first kappa shape index (κ1) is 28.7. The molecule has 0 aromatic rings. The predicted molar refractivity (Wildman–Crippen MR) is 107 cm³/mol. The molecule has 14 nitrogen and oxygen atoms in total. The molecule has 0 fully saturated rings. The number of carbonyl (C=O) groups is 6. The fourth-order valence-corrected chi connectivity index (χ4v) is 2.53. The molecule has 182 valence electrons. The van der Waals surface area contributed by atoms with Crippen molar-refractivity contribution >= 4 is 35.6 Å². The van der Waals surface area contributed by atoms with E-state index in [1.54, 1.807) is 13.8 Å². The number of aliphatic carboxylic acids is 3. The van der Waals surface area contributed by atoms with Crippen molar-refractivity contribution in [3.63, 3.8) is 0 Å². The van der Waals surface area contributed by atoms with Crippen molar-refractivity contribution in [1.29, 1.82) is 0 Å². The van der Waals surface area contributed by atoms with Gasteiger partial charge in [-0.2, -0.15) is 0 Å². The monoisotopic (exact) mass is 462 g/mol. The van der Waals surface area contributed by atoms with Crippen LogP contribution in [0.15, 0.2) is 0 Å². The van der Waals surface area contributed by atoms with Crippen LogP contribution in [0, 0.1) is 5.92 Å². The largest absolute Gasteiger partial charge is 0.481 e. The molecule has 0 saturated heterocycles. The summed E-state index contributed by atoms with van der Waals surface area (Å²) in [4.78, 5) is 70.2. The van der Waals surface area contributed by atoms with Crippen LogP contribution in [-0.4, -0.2) is 86.3 Å². The van der Waals surface area contributed by atoms with E-state index in [1.165, 1.54) is 0 Å². The summed E-state index contributed by atoms with van der Waals surface area (Å²) in [7, 11) is 0. The van der Waals surface area contributed by atoms with E-state index in [0.717, 1.165) is 6.92 Å². The highest BCUT2D eigenvalue weighted by Crippen LogP contribution is 2.09. The van der Waals surface area contributed by atoms with Gasteiger partial charge in [0.2, 0.25) is 17.7 Å². The fourth-order valence-electron chi connectivity index (χ4n) is 2.53. The van der Waals surface area contributed by atoms with Gasteiger partial charge in [0.1, 0.15) is 18.1 Å². The molecule has 6 unspecified atom stereocenters. The van der Waals surface area contributed by atoms with Gasteiger partial charge < -0.3 is 42.1 Å². The van der Waals surface area contributed by atoms with Crippen molar-refractivity contribution in [2.45, 2.75) is 70.3 Å². The van der Waals surface area contributed by atoms with Gasteiger partial charge in [0, 0.05) is 0 Å². The third-order valence-corrected chi connectivity index (χ3v) is 4.58. The zero-order valence-corrected chi connectivity index (χ0v) is 17.9. The lowest BCUT2D eigenvalue weighted by Crippen LogP contribution is -2.60. The normalized spacial score (nSPS) is 16.4. The molecule has 0 heterocycles. The summed E-state index contributed by atoms with van der Waals surface area (Å²) >= 11 is 0. The molecule has 0 rings (SSSR count). The van der Waals surface area contributed by atoms with Crippen molar-refractivity contribution in [3.8, 4) is 0 Å². The Hall–Kier alpha value is -3.26. The number of amides is 3. The smallest absolute Gasteiger partial charge is 0.326 e. The highest BCUT2D eigenvalue weighted by Gasteiger charge is 2.34. The molecule has 0 bridgehead atoms. The number of nitrogens with two attached hydrogens (primary N) is 1. The van der Waals surface area contributed by atoms with Gasteiger partial charge in [-0.1, -0.05) is 20.3 Å². The van der Waals surface area contributed by atoms with Gasteiger partial charge in [-0.05, 0) is 12.8 Å². The molecule has 0 spiro atoms. The van der Waals surface area contributed by atoms with Crippen LogP contribution < -0.4 is 21.7 Å². The Labute approximate surface area is 183 Å². The number of aliphatic hydroxyl groups excluding tert-OH is 1. The second kappa shape index (κ2) is 13.2. The minimum atomic E-state index is -1.75. The van der Waals surface area contributed by atoms with Crippen LogP contribution in [0.3, 0.4) is 0 Å². The topological polar surface area (TPSA) is 245 Å².